The fourth-order valence-corrected chi connectivity index (χ4v) is 2.71. The molecule has 1 aromatic rings. The van der Waals surface area contributed by atoms with E-state index in [-0.39, 0.29) is 0 Å². The smallest absolute Gasteiger partial charge is 0.0438 e. The summed E-state index contributed by atoms with van der Waals surface area (Å²) in [5.41, 5.74) is 2.58. The number of halogens is 1. The zero-order valence-corrected chi connectivity index (χ0v) is 12.8. The molecule has 0 aliphatic carbocycles. The van der Waals surface area contributed by atoms with E-state index in [0.717, 1.165) is 17.5 Å². The van der Waals surface area contributed by atoms with Crippen LogP contribution in [0.4, 0.5) is 0 Å². The zero-order valence-electron chi connectivity index (χ0n) is 12.1. The van der Waals surface area contributed by atoms with Gasteiger partial charge in [-0.2, -0.15) is 0 Å². The van der Waals surface area contributed by atoms with Crippen LogP contribution in [0.3, 0.4) is 0 Å². The summed E-state index contributed by atoms with van der Waals surface area (Å²) in [5.74, 6) is 0.785. The molecule has 0 aromatic heterocycles. The van der Waals surface area contributed by atoms with Gasteiger partial charge in [0.1, 0.15) is 0 Å². The summed E-state index contributed by atoms with van der Waals surface area (Å²) in [7, 11) is 0. The largest absolute Gasteiger partial charge is 0.310 e. The molecule has 18 heavy (non-hydrogen) atoms. The Morgan fingerprint density at radius 3 is 2.39 bits per heavy atom. The molecule has 0 radical (unpaired) electrons. The number of hydrogen-bond donors (Lipinski definition) is 1. The molecule has 0 aliphatic rings. The highest BCUT2D eigenvalue weighted by atomic mass is 35.5. The molecular formula is C16H26ClN. The minimum atomic E-state index is 0.429. The summed E-state index contributed by atoms with van der Waals surface area (Å²) in [4.78, 5) is 0. The summed E-state index contributed by atoms with van der Waals surface area (Å²) in [6.45, 7) is 9.84. The van der Waals surface area contributed by atoms with Crippen LogP contribution in [-0.2, 0) is 0 Å². The second kappa shape index (κ2) is 7.81. The predicted octanol–water partition coefficient (Wildman–Crippen LogP) is 5.13. The van der Waals surface area contributed by atoms with Crippen LogP contribution in [0.25, 0.3) is 0 Å². The molecule has 0 saturated carbocycles. The first kappa shape index (κ1) is 15.5. The summed E-state index contributed by atoms with van der Waals surface area (Å²) in [6.07, 6.45) is 3.69. The molecule has 0 aliphatic heterocycles. The van der Waals surface area contributed by atoms with Crippen molar-refractivity contribution < 1.29 is 0 Å². The minimum Gasteiger partial charge on any atom is -0.310 e. The molecule has 1 N–H and O–H groups in total. The van der Waals surface area contributed by atoms with Crippen LogP contribution in [0.2, 0.25) is 5.02 Å². The fraction of sp³-hybridized carbons (Fsp3) is 0.625. The quantitative estimate of drug-likeness (QED) is 0.723. The molecule has 0 heterocycles. The number of hydrogen-bond acceptors (Lipinski definition) is 1. The second-order valence-corrected chi connectivity index (χ2v) is 5.39. The average molecular weight is 268 g/mol. The van der Waals surface area contributed by atoms with Crippen molar-refractivity contribution in [2.75, 3.05) is 6.54 Å². The Hall–Kier alpha value is -0.530. The predicted molar refractivity (Wildman–Crippen MR) is 81.3 cm³/mol. The maximum Gasteiger partial charge on any atom is 0.0438 e. The molecule has 1 atom stereocenters. The van der Waals surface area contributed by atoms with Gasteiger partial charge in [-0.1, -0.05) is 57.3 Å². The Labute approximate surface area is 117 Å². The lowest BCUT2D eigenvalue weighted by atomic mass is 9.89. The highest BCUT2D eigenvalue weighted by Gasteiger charge is 2.17. The van der Waals surface area contributed by atoms with Crippen LogP contribution in [0, 0.1) is 12.8 Å². The van der Waals surface area contributed by atoms with Gasteiger partial charge in [0.25, 0.3) is 0 Å². The Morgan fingerprint density at radius 2 is 1.83 bits per heavy atom. The molecule has 102 valence electrons. The number of benzene rings is 1. The maximum absolute atomic E-state index is 6.23. The SMILES string of the molecule is CCNC(CC(CC)CC)c1cccc(Cl)c1C. The van der Waals surface area contributed by atoms with Crippen molar-refractivity contribution in [3.63, 3.8) is 0 Å². The Balaban J connectivity index is 2.93. The normalized spacial score (nSPS) is 13.0. The zero-order chi connectivity index (χ0) is 13.5. The molecular weight excluding hydrogens is 242 g/mol. The van der Waals surface area contributed by atoms with Crippen LogP contribution in [0.5, 0.6) is 0 Å². The first-order valence-corrected chi connectivity index (χ1v) is 7.50. The third-order valence-corrected chi connectivity index (χ3v) is 4.27. The molecule has 0 fully saturated rings. The summed E-state index contributed by atoms with van der Waals surface area (Å²) >= 11 is 6.23. The molecule has 0 spiro atoms. The fourth-order valence-electron chi connectivity index (χ4n) is 2.52. The van der Waals surface area contributed by atoms with Gasteiger partial charge in [0.05, 0.1) is 0 Å². The standard InChI is InChI=1S/C16H26ClN/c1-5-13(6-2)11-16(18-7-3)14-9-8-10-15(17)12(14)4/h8-10,13,16,18H,5-7,11H2,1-4H3. The van der Waals surface area contributed by atoms with Gasteiger partial charge in [-0.05, 0) is 43.0 Å². The second-order valence-electron chi connectivity index (χ2n) is 4.98. The van der Waals surface area contributed by atoms with E-state index in [0.29, 0.717) is 6.04 Å². The van der Waals surface area contributed by atoms with Gasteiger partial charge < -0.3 is 5.32 Å². The molecule has 1 rings (SSSR count). The highest BCUT2D eigenvalue weighted by Crippen LogP contribution is 2.30. The van der Waals surface area contributed by atoms with Crippen molar-refractivity contribution in [1.82, 2.24) is 5.32 Å². The molecule has 0 amide bonds. The molecule has 1 aromatic carbocycles. The molecule has 2 heteroatoms. The van der Waals surface area contributed by atoms with Gasteiger partial charge in [-0.3, -0.25) is 0 Å². The summed E-state index contributed by atoms with van der Waals surface area (Å²) in [5, 5.41) is 4.48. The van der Waals surface area contributed by atoms with E-state index in [9.17, 15) is 0 Å². The van der Waals surface area contributed by atoms with Crippen LogP contribution >= 0.6 is 11.6 Å². The minimum absolute atomic E-state index is 0.429. The third-order valence-electron chi connectivity index (χ3n) is 3.86. The lowest BCUT2D eigenvalue weighted by molar-refractivity contribution is 0.375. The van der Waals surface area contributed by atoms with Crippen molar-refractivity contribution in [1.29, 1.82) is 0 Å². The van der Waals surface area contributed by atoms with Crippen molar-refractivity contribution in [2.45, 2.75) is 53.0 Å². The molecule has 1 nitrogen and oxygen atoms in total. The van der Waals surface area contributed by atoms with E-state index < -0.39 is 0 Å². The monoisotopic (exact) mass is 267 g/mol. The van der Waals surface area contributed by atoms with Crippen molar-refractivity contribution in [2.24, 2.45) is 5.92 Å². The molecule has 0 bridgehead atoms. The van der Waals surface area contributed by atoms with E-state index >= 15 is 0 Å². The van der Waals surface area contributed by atoms with Gasteiger partial charge in [-0.15, -0.1) is 0 Å². The van der Waals surface area contributed by atoms with Crippen LogP contribution < -0.4 is 5.32 Å². The first-order valence-electron chi connectivity index (χ1n) is 7.12. The van der Waals surface area contributed by atoms with E-state index in [1.165, 1.54) is 30.4 Å². The first-order chi connectivity index (χ1) is 8.63. The van der Waals surface area contributed by atoms with Gasteiger partial charge >= 0.3 is 0 Å². The highest BCUT2D eigenvalue weighted by molar-refractivity contribution is 6.31. The lowest BCUT2D eigenvalue weighted by Crippen LogP contribution is -2.24. The van der Waals surface area contributed by atoms with Gasteiger partial charge in [-0.25, -0.2) is 0 Å². The van der Waals surface area contributed by atoms with Gasteiger partial charge in [0.2, 0.25) is 0 Å². The van der Waals surface area contributed by atoms with Gasteiger partial charge in [0, 0.05) is 11.1 Å². The molecule has 1 unspecified atom stereocenters. The summed E-state index contributed by atoms with van der Waals surface area (Å²) < 4.78 is 0. The van der Waals surface area contributed by atoms with E-state index in [2.05, 4.69) is 45.1 Å². The maximum atomic E-state index is 6.23. The lowest BCUT2D eigenvalue weighted by Gasteiger charge is -2.25. The Bertz CT molecular complexity index is 358. The van der Waals surface area contributed by atoms with Crippen molar-refractivity contribution in [3.05, 3.63) is 34.3 Å². The van der Waals surface area contributed by atoms with Crippen LogP contribution in [0.1, 0.15) is 57.2 Å². The molecule has 0 saturated heterocycles. The van der Waals surface area contributed by atoms with Crippen molar-refractivity contribution in [3.8, 4) is 0 Å². The number of rotatable bonds is 7. The van der Waals surface area contributed by atoms with Gasteiger partial charge in [0.15, 0.2) is 0 Å². The number of nitrogens with one attached hydrogen (secondary N) is 1. The topological polar surface area (TPSA) is 12.0 Å². The third kappa shape index (κ3) is 4.00. The van der Waals surface area contributed by atoms with Crippen LogP contribution in [0.15, 0.2) is 18.2 Å². The van der Waals surface area contributed by atoms with E-state index in [1.54, 1.807) is 0 Å². The average Bonchev–Trinajstić information content (AvgIpc) is 2.38. The van der Waals surface area contributed by atoms with Crippen LogP contribution in [-0.4, -0.2) is 6.54 Å². The van der Waals surface area contributed by atoms with Crippen molar-refractivity contribution >= 4 is 11.6 Å². The van der Waals surface area contributed by atoms with E-state index in [4.69, 9.17) is 11.6 Å². The Kier molecular flexibility index (Phi) is 6.73. The van der Waals surface area contributed by atoms with E-state index in [1.807, 2.05) is 6.07 Å². The Morgan fingerprint density at radius 1 is 1.17 bits per heavy atom. The summed E-state index contributed by atoms with van der Waals surface area (Å²) in [6, 6.07) is 6.66.